The summed E-state index contributed by atoms with van der Waals surface area (Å²) in [4.78, 5) is 19.1. The van der Waals surface area contributed by atoms with Gasteiger partial charge in [-0.05, 0) is 40.6 Å². The first-order valence-corrected chi connectivity index (χ1v) is 9.89. The van der Waals surface area contributed by atoms with E-state index in [1.165, 1.54) is 4.80 Å². The molecule has 0 bridgehead atoms. The second-order valence-corrected chi connectivity index (χ2v) is 7.36. The van der Waals surface area contributed by atoms with Gasteiger partial charge in [-0.2, -0.15) is 4.80 Å². The number of hydrogen-bond donors (Lipinski definition) is 1. The minimum absolute atomic E-state index is 0.205. The third-order valence-electron chi connectivity index (χ3n) is 4.77. The minimum atomic E-state index is -0.992. The van der Waals surface area contributed by atoms with Gasteiger partial charge in [-0.1, -0.05) is 48.0 Å². The predicted molar refractivity (Wildman–Crippen MR) is 117 cm³/mol. The second-order valence-electron chi connectivity index (χ2n) is 6.96. The lowest BCUT2D eigenvalue weighted by molar-refractivity contribution is 0.0695. The Hall–Kier alpha value is -3.78. The largest absolute Gasteiger partial charge is 0.478 e. The highest BCUT2D eigenvalue weighted by molar-refractivity contribution is 6.31. The molecule has 9 heteroatoms. The molecule has 4 aromatic rings. The quantitative estimate of drug-likeness (QED) is 0.472. The average molecular weight is 435 g/mol. The van der Waals surface area contributed by atoms with Gasteiger partial charge in [0.15, 0.2) is 0 Å². The van der Waals surface area contributed by atoms with Crippen LogP contribution in [0.1, 0.15) is 21.5 Å². The number of aromatic nitrogens is 5. The normalized spacial score (nSPS) is 10.8. The Kier molecular flexibility index (Phi) is 5.90. The van der Waals surface area contributed by atoms with Crippen molar-refractivity contribution in [3.8, 4) is 11.4 Å². The van der Waals surface area contributed by atoms with Gasteiger partial charge in [-0.15, -0.1) is 10.2 Å². The van der Waals surface area contributed by atoms with Crippen molar-refractivity contribution in [1.82, 2.24) is 25.2 Å². The molecule has 0 saturated carbocycles. The third-order valence-corrected chi connectivity index (χ3v) is 5.12. The Morgan fingerprint density at radius 2 is 1.90 bits per heavy atom. The van der Waals surface area contributed by atoms with Crippen LogP contribution in [-0.2, 0) is 13.1 Å². The molecule has 2 aromatic heterocycles. The van der Waals surface area contributed by atoms with Crippen molar-refractivity contribution in [3.63, 3.8) is 0 Å². The summed E-state index contributed by atoms with van der Waals surface area (Å²) < 4.78 is 0. The van der Waals surface area contributed by atoms with Gasteiger partial charge in [-0.25, -0.2) is 9.78 Å². The number of aromatic carboxylic acids is 1. The van der Waals surface area contributed by atoms with Crippen molar-refractivity contribution in [2.45, 2.75) is 13.1 Å². The maximum Gasteiger partial charge on any atom is 0.336 e. The fourth-order valence-corrected chi connectivity index (χ4v) is 3.42. The van der Waals surface area contributed by atoms with Crippen molar-refractivity contribution in [1.29, 1.82) is 0 Å². The molecule has 4 rings (SSSR count). The number of nitrogens with zero attached hydrogens (tertiary/aromatic N) is 6. The van der Waals surface area contributed by atoms with E-state index in [4.69, 9.17) is 11.6 Å². The molecule has 156 valence electrons. The number of pyridine rings is 1. The zero-order valence-corrected chi connectivity index (χ0v) is 17.4. The molecule has 31 heavy (non-hydrogen) atoms. The molecule has 0 aliphatic carbocycles. The van der Waals surface area contributed by atoms with E-state index in [1.54, 1.807) is 36.5 Å². The smallest absolute Gasteiger partial charge is 0.336 e. The Morgan fingerprint density at radius 3 is 2.65 bits per heavy atom. The molecule has 0 atom stereocenters. The number of rotatable bonds is 7. The Morgan fingerprint density at radius 1 is 1.10 bits per heavy atom. The number of tetrazole rings is 1. The zero-order chi connectivity index (χ0) is 21.8. The second kappa shape index (κ2) is 8.93. The van der Waals surface area contributed by atoms with Gasteiger partial charge >= 0.3 is 5.97 Å². The highest BCUT2D eigenvalue weighted by Gasteiger charge is 2.13. The van der Waals surface area contributed by atoms with E-state index in [0.29, 0.717) is 23.0 Å². The lowest BCUT2D eigenvalue weighted by atomic mass is 10.1. The monoisotopic (exact) mass is 434 g/mol. The van der Waals surface area contributed by atoms with Gasteiger partial charge in [0.2, 0.25) is 5.82 Å². The molecule has 0 spiro atoms. The molecule has 8 nitrogen and oxygen atoms in total. The topological polar surface area (TPSA) is 97.0 Å². The predicted octanol–water partition coefficient (Wildman–Crippen LogP) is 3.77. The van der Waals surface area contributed by atoms with Crippen LogP contribution in [0.5, 0.6) is 0 Å². The molecule has 0 unspecified atom stereocenters. The van der Waals surface area contributed by atoms with Crippen LogP contribution >= 0.6 is 11.6 Å². The molecule has 0 fully saturated rings. The number of carboxylic acid groups (broad SMARTS) is 1. The van der Waals surface area contributed by atoms with E-state index in [1.807, 2.05) is 42.3 Å². The maximum atomic E-state index is 11.4. The molecule has 0 aliphatic rings. The Balaban J connectivity index is 1.50. The van der Waals surface area contributed by atoms with Gasteiger partial charge in [0, 0.05) is 30.4 Å². The maximum absolute atomic E-state index is 11.4. The molecule has 0 amide bonds. The lowest BCUT2D eigenvalue weighted by Gasteiger charge is -2.18. The fraction of sp³-hybridized carbons (Fsp3) is 0.136. The fourth-order valence-electron chi connectivity index (χ4n) is 3.18. The van der Waals surface area contributed by atoms with Crippen molar-refractivity contribution in [2.24, 2.45) is 0 Å². The summed E-state index contributed by atoms with van der Waals surface area (Å²) >= 11 is 6.51. The summed E-state index contributed by atoms with van der Waals surface area (Å²) in [6.45, 7) is 0.804. The van der Waals surface area contributed by atoms with Gasteiger partial charge in [0.1, 0.15) is 5.82 Å². The number of hydrogen-bond acceptors (Lipinski definition) is 6. The van der Waals surface area contributed by atoms with E-state index in [2.05, 4.69) is 20.4 Å². The van der Waals surface area contributed by atoms with E-state index in [0.717, 1.165) is 16.9 Å². The SMILES string of the molecule is CN(Cc1ccc(-c2nnn(Cc3ccccc3C(=O)O)n2)cc1Cl)c1ccccn1. The van der Waals surface area contributed by atoms with Crippen molar-refractivity contribution in [3.05, 3.63) is 88.6 Å². The zero-order valence-electron chi connectivity index (χ0n) is 16.7. The van der Waals surface area contributed by atoms with E-state index in [9.17, 15) is 9.90 Å². The first-order valence-electron chi connectivity index (χ1n) is 9.51. The number of benzene rings is 2. The van der Waals surface area contributed by atoms with E-state index >= 15 is 0 Å². The van der Waals surface area contributed by atoms with Gasteiger partial charge < -0.3 is 10.0 Å². The summed E-state index contributed by atoms with van der Waals surface area (Å²) in [5, 5.41) is 22.4. The molecule has 0 saturated heterocycles. The molecular weight excluding hydrogens is 416 g/mol. The number of anilines is 1. The lowest BCUT2D eigenvalue weighted by Crippen LogP contribution is -2.17. The van der Waals surface area contributed by atoms with Crippen molar-refractivity contribution in [2.75, 3.05) is 11.9 Å². The highest BCUT2D eigenvalue weighted by Crippen LogP contribution is 2.25. The van der Waals surface area contributed by atoms with Crippen LogP contribution in [0.4, 0.5) is 5.82 Å². The van der Waals surface area contributed by atoms with E-state index < -0.39 is 5.97 Å². The molecular formula is C22H19ClN6O2. The molecule has 1 N–H and O–H groups in total. The number of carboxylic acids is 1. The van der Waals surface area contributed by atoms with E-state index in [-0.39, 0.29) is 12.1 Å². The van der Waals surface area contributed by atoms with Crippen LogP contribution in [0, 0.1) is 0 Å². The van der Waals surface area contributed by atoms with Gasteiger partial charge in [0.05, 0.1) is 12.1 Å². The Labute approximate surface area is 183 Å². The third kappa shape index (κ3) is 4.70. The molecule has 2 aromatic carbocycles. The standard InChI is InChI=1S/C22H19ClN6O2/c1-28(20-8-4-5-11-24-20)13-17-10-9-15(12-19(17)23)21-25-27-29(26-21)14-16-6-2-3-7-18(16)22(30)31/h2-12H,13-14H2,1H3,(H,30,31). The number of carbonyl (C=O) groups is 1. The van der Waals surface area contributed by atoms with Crippen LogP contribution in [0.25, 0.3) is 11.4 Å². The molecule has 2 heterocycles. The highest BCUT2D eigenvalue weighted by atomic mass is 35.5. The summed E-state index contributed by atoms with van der Waals surface area (Å²) in [6.07, 6.45) is 1.75. The summed E-state index contributed by atoms with van der Waals surface area (Å²) in [5.41, 5.74) is 2.49. The number of halogens is 1. The summed E-state index contributed by atoms with van der Waals surface area (Å²) in [7, 11) is 1.95. The van der Waals surface area contributed by atoms with Crippen LogP contribution in [0.3, 0.4) is 0 Å². The summed E-state index contributed by atoms with van der Waals surface area (Å²) in [5.74, 6) is 0.280. The summed E-state index contributed by atoms with van der Waals surface area (Å²) in [6, 6.07) is 18.1. The van der Waals surface area contributed by atoms with Crippen LogP contribution in [-0.4, -0.2) is 43.3 Å². The van der Waals surface area contributed by atoms with Gasteiger partial charge in [0.25, 0.3) is 0 Å². The van der Waals surface area contributed by atoms with Crippen LogP contribution < -0.4 is 4.90 Å². The first kappa shape index (κ1) is 20.5. The van der Waals surface area contributed by atoms with Gasteiger partial charge in [-0.3, -0.25) is 0 Å². The van der Waals surface area contributed by atoms with Crippen molar-refractivity contribution < 1.29 is 9.90 Å². The average Bonchev–Trinajstić information content (AvgIpc) is 3.24. The molecule has 0 radical (unpaired) electrons. The molecule has 0 aliphatic heterocycles. The minimum Gasteiger partial charge on any atom is -0.478 e. The first-order chi connectivity index (χ1) is 15.0. The van der Waals surface area contributed by atoms with Crippen LogP contribution in [0.2, 0.25) is 5.02 Å². The Bertz CT molecular complexity index is 1210. The van der Waals surface area contributed by atoms with Crippen molar-refractivity contribution >= 4 is 23.4 Å². The van der Waals surface area contributed by atoms with Crippen LogP contribution in [0.15, 0.2) is 66.9 Å².